The first kappa shape index (κ1) is 17.9. The molecule has 5 nitrogen and oxygen atoms in total. The molecule has 0 aromatic heterocycles. The van der Waals surface area contributed by atoms with Gasteiger partial charge in [0.2, 0.25) is 0 Å². The molecule has 0 radical (unpaired) electrons. The lowest BCUT2D eigenvalue weighted by atomic mass is 10.1. The summed E-state index contributed by atoms with van der Waals surface area (Å²) < 4.78 is 24.7. The summed E-state index contributed by atoms with van der Waals surface area (Å²) in [6.45, 7) is 1.67. The van der Waals surface area contributed by atoms with Crippen LogP contribution in [-0.4, -0.2) is 18.8 Å². The van der Waals surface area contributed by atoms with E-state index in [1.807, 2.05) is 0 Å². The van der Waals surface area contributed by atoms with Crippen LogP contribution in [0.2, 0.25) is 5.02 Å². The fourth-order valence-corrected chi connectivity index (χ4v) is 2.69. The molecule has 1 aliphatic rings. The number of hydrogen-bond donors (Lipinski definition) is 0. The van der Waals surface area contributed by atoms with Gasteiger partial charge >= 0.3 is 5.97 Å². The highest BCUT2D eigenvalue weighted by Gasteiger charge is 2.22. The molecule has 0 saturated carbocycles. The molecule has 0 atom stereocenters. The summed E-state index contributed by atoms with van der Waals surface area (Å²) in [7, 11) is 1.47. The van der Waals surface area contributed by atoms with E-state index in [0.29, 0.717) is 33.9 Å². The SMILES string of the molecule is COc1cc(/C=C2\C(=O)ON=C2C)cc(Cl)c1OCc1ccccc1F. The van der Waals surface area contributed by atoms with Crippen LogP contribution in [0.5, 0.6) is 11.5 Å². The minimum absolute atomic E-state index is 0.00127. The second-order valence-electron chi connectivity index (χ2n) is 5.53. The van der Waals surface area contributed by atoms with E-state index >= 15 is 0 Å². The maximum Gasteiger partial charge on any atom is 0.367 e. The van der Waals surface area contributed by atoms with Gasteiger partial charge in [0, 0.05) is 5.56 Å². The molecule has 2 aromatic carbocycles. The number of oxime groups is 1. The van der Waals surface area contributed by atoms with Crippen LogP contribution in [0.25, 0.3) is 6.08 Å². The van der Waals surface area contributed by atoms with Crippen molar-refractivity contribution in [2.45, 2.75) is 13.5 Å². The van der Waals surface area contributed by atoms with Crippen LogP contribution in [0.3, 0.4) is 0 Å². The van der Waals surface area contributed by atoms with Crippen LogP contribution in [0.15, 0.2) is 47.1 Å². The van der Waals surface area contributed by atoms with E-state index < -0.39 is 5.97 Å². The molecule has 2 aromatic rings. The number of rotatable bonds is 5. The molecular formula is C19H15ClFNO4. The second-order valence-corrected chi connectivity index (χ2v) is 5.93. The Bertz CT molecular complexity index is 924. The Balaban J connectivity index is 1.88. The van der Waals surface area contributed by atoms with Crippen LogP contribution < -0.4 is 9.47 Å². The quantitative estimate of drug-likeness (QED) is 0.574. The molecule has 7 heteroatoms. The van der Waals surface area contributed by atoms with Crippen LogP contribution in [0.1, 0.15) is 18.1 Å². The monoisotopic (exact) mass is 375 g/mol. The van der Waals surface area contributed by atoms with Crippen molar-refractivity contribution < 1.29 is 23.5 Å². The van der Waals surface area contributed by atoms with Gasteiger partial charge in [0.25, 0.3) is 0 Å². The van der Waals surface area contributed by atoms with Crippen molar-refractivity contribution in [1.29, 1.82) is 0 Å². The minimum Gasteiger partial charge on any atom is -0.493 e. The summed E-state index contributed by atoms with van der Waals surface area (Å²) in [5.41, 5.74) is 1.83. The number of nitrogens with zero attached hydrogens (tertiary/aromatic N) is 1. The number of carbonyl (C=O) groups is 1. The summed E-state index contributed by atoms with van der Waals surface area (Å²) in [4.78, 5) is 16.3. The van der Waals surface area contributed by atoms with E-state index in [0.717, 1.165) is 0 Å². The van der Waals surface area contributed by atoms with Crippen LogP contribution >= 0.6 is 11.6 Å². The van der Waals surface area contributed by atoms with Crippen molar-refractivity contribution in [2.24, 2.45) is 5.16 Å². The van der Waals surface area contributed by atoms with Gasteiger partial charge in [0.1, 0.15) is 12.4 Å². The Labute approximate surface area is 154 Å². The predicted octanol–water partition coefficient (Wildman–Crippen LogP) is 4.38. The zero-order valence-corrected chi connectivity index (χ0v) is 14.8. The van der Waals surface area contributed by atoms with Gasteiger partial charge in [-0.05, 0) is 36.8 Å². The van der Waals surface area contributed by atoms with Crippen molar-refractivity contribution >= 4 is 29.4 Å². The largest absolute Gasteiger partial charge is 0.493 e. The molecule has 0 aliphatic carbocycles. The Kier molecular flexibility index (Phi) is 5.23. The first-order valence-electron chi connectivity index (χ1n) is 7.71. The smallest absolute Gasteiger partial charge is 0.367 e. The fraction of sp³-hybridized carbons (Fsp3) is 0.158. The third kappa shape index (κ3) is 3.70. The fourth-order valence-electron chi connectivity index (χ4n) is 2.41. The van der Waals surface area contributed by atoms with E-state index in [1.165, 1.54) is 13.2 Å². The molecule has 0 N–H and O–H groups in total. The Morgan fingerprint density at radius 2 is 2.08 bits per heavy atom. The van der Waals surface area contributed by atoms with Gasteiger partial charge in [-0.25, -0.2) is 9.18 Å². The highest BCUT2D eigenvalue weighted by atomic mass is 35.5. The van der Waals surface area contributed by atoms with Crippen LogP contribution in [-0.2, 0) is 16.2 Å². The van der Waals surface area contributed by atoms with Gasteiger partial charge in [-0.2, -0.15) is 0 Å². The van der Waals surface area contributed by atoms with Crippen molar-refractivity contribution in [3.05, 3.63) is 63.9 Å². The molecule has 0 bridgehead atoms. The minimum atomic E-state index is -0.530. The van der Waals surface area contributed by atoms with Gasteiger partial charge in [0.05, 0.1) is 23.4 Å². The molecule has 0 spiro atoms. The summed E-state index contributed by atoms with van der Waals surface area (Å²) in [6, 6.07) is 9.59. The molecular weight excluding hydrogens is 361 g/mol. The number of benzene rings is 2. The number of hydrogen-bond acceptors (Lipinski definition) is 5. The lowest BCUT2D eigenvalue weighted by molar-refractivity contribution is -0.136. The summed E-state index contributed by atoms with van der Waals surface area (Å²) in [5.74, 6) is -0.239. The summed E-state index contributed by atoms with van der Waals surface area (Å²) >= 11 is 6.30. The molecule has 134 valence electrons. The molecule has 0 fully saturated rings. The summed E-state index contributed by atoms with van der Waals surface area (Å²) in [6.07, 6.45) is 1.60. The van der Waals surface area contributed by atoms with Crippen molar-refractivity contribution in [3.63, 3.8) is 0 Å². The van der Waals surface area contributed by atoms with Crippen LogP contribution in [0, 0.1) is 5.82 Å². The molecule has 1 heterocycles. The van der Waals surface area contributed by atoms with E-state index in [1.54, 1.807) is 43.3 Å². The first-order valence-corrected chi connectivity index (χ1v) is 8.09. The zero-order chi connectivity index (χ0) is 18.7. The summed E-state index contributed by atoms with van der Waals surface area (Å²) in [5, 5.41) is 3.89. The van der Waals surface area contributed by atoms with Gasteiger partial charge in [0.15, 0.2) is 11.5 Å². The van der Waals surface area contributed by atoms with Crippen molar-refractivity contribution in [1.82, 2.24) is 0 Å². The van der Waals surface area contributed by atoms with Crippen molar-refractivity contribution in [3.8, 4) is 11.5 Å². The Morgan fingerprint density at radius 3 is 2.73 bits per heavy atom. The third-order valence-electron chi connectivity index (χ3n) is 3.77. The molecule has 0 unspecified atom stereocenters. The number of carbonyl (C=O) groups excluding carboxylic acids is 1. The number of ether oxygens (including phenoxy) is 2. The van der Waals surface area contributed by atoms with Gasteiger partial charge < -0.3 is 14.3 Å². The molecule has 0 saturated heterocycles. The lowest BCUT2D eigenvalue weighted by Crippen LogP contribution is -2.03. The topological polar surface area (TPSA) is 57.1 Å². The average Bonchev–Trinajstić information content (AvgIpc) is 2.93. The Morgan fingerprint density at radius 1 is 1.31 bits per heavy atom. The average molecular weight is 376 g/mol. The van der Waals surface area contributed by atoms with E-state index in [2.05, 4.69) is 9.99 Å². The van der Waals surface area contributed by atoms with E-state index in [4.69, 9.17) is 21.1 Å². The lowest BCUT2D eigenvalue weighted by Gasteiger charge is -2.14. The van der Waals surface area contributed by atoms with Crippen molar-refractivity contribution in [2.75, 3.05) is 7.11 Å². The van der Waals surface area contributed by atoms with E-state index in [9.17, 15) is 9.18 Å². The maximum absolute atomic E-state index is 13.7. The number of halogens is 2. The maximum atomic E-state index is 13.7. The second kappa shape index (κ2) is 7.58. The van der Waals surface area contributed by atoms with E-state index in [-0.39, 0.29) is 17.4 Å². The number of methoxy groups -OCH3 is 1. The van der Waals surface area contributed by atoms with Crippen LogP contribution in [0.4, 0.5) is 4.39 Å². The highest BCUT2D eigenvalue weighted by molar-refractivity contribution is 6.32. The standard InChI is InChI=1S/C19H15ClFNO4/c1-11-14(19(23)26-22-11)7-12-8-15(20)18(17(9-12)24-2)25-10-13-5-3-4-6-16(13)21/h3-9H,10H2,1-2H3/b14-7-. The predicted molar refractivity (Wildman–Crippen MR) is 95.9 cm³/mol. The molecule has 0 amide bonds. The third-order valence-corrected chi connectivity index (χ3v) is 4.05. The molecule has 3 rings (SSSR count). The van der Waals surface area contributed by atoms with Gasteiger partial charge in [-0.1, -0.05) is 35.0 Å². The zero-order valence-electron chi connectivity index (χ0n) is 14.1. The first-order chi connectivity index (χ1) is 12.5. The highest BCUT2D eigenvalue weighted by Crippen LogP contribution is 2.37. The van der Waals surface area contributed by atoms with Gasteiger partial charge in [-0.3, -0.25) is 0 Å². The molecule has 1 aliphatic heterocycles. The normalized spacial score (nSPS) is 15.0. The molecule has 26 heavy (non-hydrogen) atoms. The Hall–Kier alpha value is -2.86. The van der Waals surface area contributed by atoms with Gasteiger partial charge in [-0.15, -0.1) is 0 Å².